The van der Waals surface area contributed by atoms with Crippen LogP contribution in [0.25, 0.3) is 11.0 Å². The molecule has 2 aliphatic rings. The molecule has 4 heterocycles. The molecule has 10 heteroatoms. The quantitative estimate of drug-likeness (QED) is 0.390. The third-order valence-electron chi connectivity index (χ3n) is 8.62. The fraction of sp³-hybridized carbons (Fsp3) is 0.424. The molecule has 2 bridgehead atoms. The summed E-state index contributed by atoms with van der Waals surface area (Å²) in [5, 5.41) is 8.01. The van der Waals surface area contributed by atoms with Crippen LogP contribution in [0.15, 0.2) is 54.7 Å². The summed E-state index contributed by atoms with van der Waals surface area (Å²) in [5.74, 6) is 0.436. The summed E-state index contributed by atoms with van der Waals surface area (Å²) in [4.78, 5) is 40.2. The van der Waals surface area contributed by atoms with Gasteiger partial charge in [0, 0.05) is 55.9 Å². The molecule has 0 spiro atoms. The van der Waals surface area contributed by atoms with Gasteiger partial charge in [-0.3, -0.25) is 24.2 Å². The summed E-state index contributed by atoms with van der Waals surface area (Å²) in [7, 11) is 0. The number of fused-ring (bicyclic) bond motifs is 5. The van der Waals surface area contributed by atoms with E-state index in [9.17, 15) is 9.59 Å². The van der Waals surface area contributed by atoms with Gasteiger partial charge in [-0.1, -0.05) is 24.3 Å². The van der Waals surface area contributed by atoms with Crippen LogP contribution >= 0.6 is 0 Å². The Morgan fingerprint density at radius 3 is 2.72 bits per heavy atom. The molecule has 6 rings (SSSR count). The zero-order chi connectivity index (χ0) is 29.9. The number of nitrogens with one attached hydrogen (secondary N) is 1. The Kier molecular flexibility index (Phi) is 8.38. The highest BCUT2D eigenvalue weighted by atomic mass is 16.5. The highest BCUT2D eigenvalue weighted by Gasteiger charge is 2.36. The highest BCUT2D eigenvalue weighted by molar-refractivity contribution is 5.96. The van der Waals surface area contributed by atoms with Crippen molar-refractivity contribution >= 4 is 22.8 Å². The Balaban J connectivity index is 1.25. The van der Waals surface area contributed by atoms with E-state index in [1.54, 1.807) is 4.90 Å². The van der Waals surface area contributed by atoms with E-state index in [-0.39, 0.29) is 36.0 Å². The van der Waals surface area contributed by atoms with Gasteiger partial charge < -0.3 is 15.0 Å². The van der Waals surface area contributed by atoms with Crippen molar-refractivity contribution in [2.75, 3.05) is 32.8 Å². The molecule has 0 unspecified atom stereocenters. The maximum absolute atomic E-state index is 13.6. The molecule has 1 N–H and O–H groups in total. The van der Waals surface area contributed by atoms with E-state index >= 15 is 0 Å². The van der Waals surface area contributed by atoms with Gasteiger partial charge in [0.15, 0.2) is 0 Å². The molecule has 43 heavy (non-hydrogen) atoms. The maximum atomic E-state index is 13.6. The van der Waals surface area contributed by atoms with Crippen molar-refractivity contribution in [3.8, 4) is 5.75 Å². The lowest BCUT2D eigenvalue weighted by Crippen LogP contribution is -2.47. The Labute approximate surface area is 252 Å². The number of carbonyl (C=O) groups is 2. The maximum Gasteiger partial charge on any atom is 0.274 e. The zero-order valence-corrected chi connectivity index (χ0v) is 25.1. The van der Waals surface area contributed by atoms with E-state index in [0.29, 0.717) is 31.6 Å². The molecule has 2 aliphatic heterocycles. The summed E-state index contributed by atoms with van der Waals surface area (Å²) >= 11 is 0. The van der Waals surface area contributed by atoms with Gasteiger partial charge in [-0.2, -0.15) is 5.10 Å². The smallest absolute Gasteiger partial charge is 0.274 e. The second-order valence-corrected chi connectivity index (χ2v) is 11.5. The molecule has 0 saturated carbocycles. The number of aryl methyl sites for hydroxylation is 2. The number of likely N-dealkylation sites (tertiary alicyclic amines) is 1. The second-order valence-electron chi connectivity index (χ2n) is 11.5. The molecule has 0 aliphatic carbocycles. The van der Waals surface area contributed by atoms with Crippen LogP contribution in [0.4, 0.5) is 0 Å². The number of hydrogen-bond donors (Lipinski definition) is 1. The number of rotatable bonds is 4. The van der Waals surface area contributed by atoms with Crippen LogP contribution in [0.3, 0.4) is 0 Å². The fourth-order valence-electron chi connectivity index (χ4n) is 6.32. The van der Waals surface area contributed by atoms with Gasteiger partial charge in [-0.05, 0) is 63.4 Å². The predicted molar refractivity (Wildman–Crippen MR) is 164 cm³/mol. The molecule has 10 nitrogen and oxygen atoms in total. The minimum atomic E-state index is -0.296. The first kappa shape index (κ1) is 28.8. The number of hydrogen-bond acceptors (Lipinski definition) is 7. The van der Waals surface area contributed by atoms with Crippen LogP contribution in [-0.2, 0) is 17.9 Å². The van der Waals surface area contributed by atoms with E-state index in [2.05, 4.69) is 53.1 Å². The summed E-state index contributed by atoms with van der Waals surface area (Å²) in [6.45, 7) is 10.3. The van der Waals surface area contributed by atoms with Gasteiger partial charge in [0.1, 0.15) is 11.4 Å². The Hall–Kier alpha value is -4.31. The van der Waals surface area contributed by atoms with Crippen LogP contribution in [0.2, 0.25) is 0 Å². The van der Waals surface area contributed by atoms with Crippen molar-refractivity contribution in [3.05, 3.63) is 82.9 Å². The SMILES string of the molecule is CCn1nc(C)c(CN2C[C@@H]3NC(=O)CN(C(=O)c4cnc5ccccc5n4)CCCCOc4cccc(c4)[C@H]3C2)c1C. The van der Waals surface area contributed by atoms with Crippen LogP contribution in [0.1, 0.15) is 58.7 Å². The lowest BCUT2D eigenvalue weighted by atomic mass is 9.94. The van der Waals surface area contributed by atoms with Crippen molar-refractivity contribution in [2.24, 2.45) is 0 Å². The average Bonchev–Trinajstić information content (AvgIpc) is 3.54. The molecule has 4 aromatic rings. The number of ether oxygens (including phenoxy) is 1. The van der Waals surface area contributed by atoms with E-state index in [1.165, 1.54) is 17.5 Å². The number of nitrogens with zero attached hydrogens (tertiary/aromatic N) is 6. The molecular weight excluding hydrogens is 542 g/mol. The van der Waals surface area contributed by atoms with Crippen LogP contribution < -0.4 is 10.1 Å². The largest absolute Gasteiger partial charge is 0.494 e. The summed E-state index contributed by atoms with van der Waals surface area (Å²) < 4.78 is 8.17. The third kappa shape index (κ3) is 6.24. The average molecular weight is 582 g/mol. The van der Waals surface area contributed by atoms with Gasteiger partial charge in [-0.25, -0.2) is 4.98 Å². The second kappa shape index (κ2) is 12.5. The van der Waals surface area contributed by atoms with Crippen molar-refractivity contribution in [1.29, 1.82) is 0 Å². The van der Waals surface area contributed by atoms with Crippen molar-refractivity contribution in [1.82, 2.24) is 34.9 Å². The van der Waals surface area contributed by atoms with Gasteiger partial charge in [0.2, 0.25) is 5.91 Å². The Morgan fingerprint density at radius 1 is 1.07 bits per heavy atom. The molecule has 2 aromatic carbocycles. The monoisotopic (exact) mass is 581 g/mol. The van der Waals surface area contributed by atoms with E-state index in [1.807, 2.05) is 41.1 Å². The molecule has 1 saturated heterocycles. The number of amides is 2. The normalized spacial score (nSPS) is 19.9. The van der Waals surface area contributed by atoms with Crippen LogP contribution in [0, 0.1) is 13.8 Å². The van der Waals surface area contributed by atoms with Crippen molar-refractivity contribution in [3.63, 3.8) is 0 Å². The summed E-state index contributed by atoms with van der Waals surface area (Å²) in [6.07, 6.45) is 2.95. The lowest BCUT2D eigenvalue weighted by molar-refractivity contribution is -0.122. The predicted octanol–water partition coefficient (Wildman–Crippen LogP) is 3.86. The van der Waals surface area contributed by atoms with Crippen LogP contribution in [0.5, 0.6) is 5.75 Å². The van der Waals surface area contributed by atoms with E-state index in [4.69, 9.17) is 9.84 Å². The van der Waals surface area contributed by atoms with Gasteiger partial charge in [0.25, 0.3) is 5.91 Å². The van der Waals surface area contributed by atoms with Gasteiger partial charge >= 0.3 is 0 Å². The Morgan fingerprint density at radius 2 is 1.91 bits per heavy atom. The first-order chi connectivity index (χ1) is 20.9. The van der Waals surface area contributed by atoms with E-state index < -0.39 is 0 Å². The molecule has 0 radical (unpaired) electrons. The van der Waals surface area contributed by atoms with Gasteiger partial charge in [-0.15, -0.1) is 0 Å². The first-order valence-electron chi connectivity index (χ1n) is 15.2. The summed E-state index contributed by atoms with van der Waals surface area (Å²) in [6, 6.07) is 15.6. The Bertz CT molecular complexity index is 1630. The molecule has 2 atom stereocenters. The topological polar surface area (TPSA) is 105 Å². The standard InChI is InChI=1S/C33H39N7O3/c1-4-40-23(3)26(22(2)37-40)18-38-19-27-24-10-9-11-25(16-24)43-15-8-7-14-39(21-32(41)36-31(27)20-38)33(42)30-17-34-28-12-5-6-13-29(28)35-30/h5-6,9-13,16-17,27,31H,4,7-8,14-15,18-21H2,1-3H3,(H,36,41)/t27-,31+/m1/s1. The fourth-order valence-corrected chi connectivity index (χ4v) is 6.32. The molecule has 1 fully saturated rings. The molecule has 2 aromatic heterocycles. The van der Waals surface area contributed by atoms with Crippen molar-refractivity contribution < 1.29 is 14.3 Å². The number of para-hydroxylation sites is 2. The number of benzene rings is 2. The van der Waals surface area contributed by atoms with Gasteiger partial charge in [0.05, 0.1) is 36.1 Å². The minimum absolute atomic E-state index is 0.0427. The summed E-state index contributed by atoms with van der Waals surface area (Å²) in [5.41, 5.74) is 6.22. The highest BCUT2D eigenvalue weighted by Crippen LogP contribution is 2.32. The molecule has 224 valence electrons. The number of aromatic nitrogens is 4. The van der Waals surface area contributed by atoms with Crippen molar-refractivity contribution in [2.45, 2.75) is 58.7 Å². The zero-order valence-electron chi connectivity index (χ0n) is 25.1. The minimum Gasteiger partial charge on any atom is -0.494 e. The first-order valence-corrected chi connectivity index (χ1v) is 15.2. The number of carbonyl (C=O) groups excluding carboxylic acids is 2. The molecule has 2 amide bonds. The van der Waals surface area contributed by atoms with E-state index in [0.717, 1.165) is 48.6 Å². The van der Waals surface area contributed by atoms with Crippen LogP contribution in [-0.4, -0.2) is 80.2 Å². The molecular formula is C33H39N7O3. The third-order valence-corrected chi connectivity index (χ3v) is 8.62. The lowest BCUT2D eigenvalue weighted by Gasteiger charge is -2.25.